The van der Waals surface area contributed by atoms with E-state index in [2.05, 4.69) is 4.98 Å². The lowest BCUT2D eigenvalue weighted by Crippen LogP contribution is -2.27. The van der Waals surface area contributed by atoms with Crippen LogP contribution in [0.15, 0.2) is 24.4 Å². The van der Waals surface area contributed by atoms with Gasteiger partial charge in [0.1, 0.15) is 11.5 Å². The fraction of sp³-hybridized carbons (Fsp3) is 0.500. The third-order valence-electron chi connectivity index (χ3n) is 5.69. The first-order valence-corrected chi connectivity index (χ1v) is 9.67. The maximum absolute atomic E-state index is 13.2. The minimum absolute atomic E-state index is 0.0103. The molecule has 1 aromatic heterocycles. The standard InChI is InChI=1S/C20H19F6N3O/c21-19(22,23)14-7-13(8-15(9-14)20(24,25)26)12-3-4-17-27-16(11-29(17)10-12)18(30)28-5-1-2-6-28/h7-9,11-12H,1-6,10H2/t12-/m1/s1. The molecule has 2 aromatic rings. The Hall–Kier alpha value is -2.52. The molecular weight excluding hydrogens is 412 g/mol. The monoisotopic (exact) mass is 431 g/mol. The molecule has 10 heteroatoms. The number of rotatable bonds is 2. The summed E-state index contributed by atoms with van der Waals surface area (Å²) in [5.74, 6) is -0.106. The van der Waals surface area contributed by atoms with Gasteiger partial charge in [-0.05, 0) is 43.0 Å². The summed E-state index contributed by atoms with van der Waals surface area (Å²) in [5, 5.41) is 0. The van der Waals surface area contributed by atoms with E-state index >= 15 is 0 Å². The molecular formula is C20H19F6N3O. The summed E-state index contributed by atoms with van der Waals surface area (Å²) in [6.45, 7) is 1.50. The molecule has 1 amide bonds. The van der Waals surface area contributed by atoms with Crippen LogP contribution < -0.4 is 0 Å². The summed E-state index contributed by atoms with van der Waals surface area (Å²) in [4.78, 5) is 18.6. The van der Waals surface area contributed by atoms with E-state index in [0.717, 1.165) is 25.0 Å². The van der Waals surface area contributed by atoms with E-state index in [0.29, 0.717) is 31.8 Å². The van der Waals surface area contributed by atoms with Crippen molar-refractivity contribution < 1.29 is 31.1 Å². The zero-order chi connectivity index (χ0) is 21.7. The molecule has 0 spiro atoms. The average molecular weight is 431 g/mol. The molecule has 0 radical (unpaired) electrons. The normalized spacial score (nSPS) is 19.8. The Kier molecular flexibility index (Phi) is 5.06. The van der Waals surface area contributed by atoms with Gasteiger partial charge in [-0.25, -0.2) is 4.98 Å². The highest BCUT2D eigenvalue weighted by atomic mass is 19.4. The number of nitrogens with zero attached hydrogens (tertiary/aromatic N) is 3. The summed E-state index contributed by atoms with van der Waals surface area (Å²) < 4.78 is 80.6. The SMILES string of the molecule is O=C(c1cn2c(n1)CC[C@@H](c1cc(C(F)(F)F)cc(C(F)(F)F)c1)C2)N1CCCC1. The van der Waals surface area contributed by atoms with Crippen molar-refractivity contribution in [1.29, 1.82) is 0 Å². The minimum Gasteiger partial charge on any atom is -0.337 e. The van der Waals surface area contributed by atoms with Crippen molar-refractivity contribution in [2.75, 3.05) is 13.1 Å². The third kappa shape index (κ3) is 4.04. The third-order valence-corrected chi connectivity index (χ3v) is 5.69. The number of carbonyl (C=O) groups excluding carboxylic acids is 1. The van der Waals surface area contributed by atoms with Crippen LogP contribution in [0.5, 0.6) is 0 Å². The van der Waals surface area contributed by atoms with Crippen LogP contribution >= 0.6 is 0 Å². The van der Waals surface area contributed by atoms with Crippen LogP contribution in [0.2, 0.25) is 0 Å². The quantitative estimate of drug-likeness (QED) is 0.636. The molecule has 1 aromatic carbocycles. The van der Waals surface area contributed by atoms with Gasteiger partial charge in [0, 0.05) is 38.2 Å². The van der Waals surface area contributed by atoms with Gasteiger partial charge in [0.2, 0.25) is 0 Å². The molecule has 3 heterocycles. The smallest absolute Gasteiger partial charge is 0.337 e. The second-order valence-electron chi connectivity index (χ2n) is 7.77. The van der Waals surface area contributed by atoms with Gasteiger partial charge < -0.3 is 9.47 Å². The fourth-order valence-corrected chi connectivity index (χ4v) is 4.12. The van der Waals surface area contributed by atoms with Gasteiger partial charge in [-0.3, -0.25) is 4.79 Å². The maximum Gasteiger partial charge on any atom is 0.416 e. The van der Waals surface area contributed by atoms with E-state index in [1.54, 1.807) is 15.7 Å². The number of fused-ring (bicyclic) bond motifs is 1. The molecule has 1 saturated heterocycles. The number of aromatic nitrogens is 2. The Morgan fingerprint density at radius 3 is 2.13 bits per heavy atom. The zero-order valence-electron chi connectivity index (χ0n) is 15.9. The van der Waals surface area contributed by atoms with Gasteiger partial charge >= 0.3 is 12.4 Å². The summed E-state index contributed by atoms with van der Waals surface area (Å²) in [7, 11) is 0. The molecule has 1 fully saturated rings. The highest BCUT2D eigenvalue weighted by molar-refractivity contribution is 5.92. The first-order chi connectivity index (χ1) is 14.0. The Morgan fingerprint density at radius 2 is 1.57 bits per heavy atom. The summed E-state index contributed by atoms with van der Waals surface area (Å²) >= 11 is 0. The Morgan fingerprint density at radius 1 is 0.967 bits per heavy atom. The predicted molar refractivity (Wildman–Crippen MR) is 94.9 cm³/mol. The highest BCUT2D eigenvalue weighted by Gasteiger charge is 2.38. The summed E-state index contributed by atoms with van der Waals surface area (Å²) in [6.07, 6.45) is -5.61. The van der Waals surface area contributed by atoms with Gasteiger partial charge in [0.05, 0.1) is 11.1 Å². The van der Waals surface area contributed by atoms with E-state index in [-0.39, 0.29) is 29.8 Å². The lowest BCUT2D eigenvalue weighted by Gasteiger charge is -2.25. The average Bonchev–Trinajstić information content (AvgIpc) is 3.35. The fourth-order valence-electron chi connectivity index (χ4n) is 4.12. The van der Waals surface area contributed by atoms with Gasteiger partial charge in [-0.15, -0.1) is 0 Å². The second kappa shape index (κ2) is 7.31. The molecule has 2 aliphatic heterocycles. The minimum atomic E-state index is -4.87. The molecule has 0 bridgehead atoms. The number of likely N-dealkylation sites (tertiary alicyclic amines) is 1. The lowest BCUT2D eigenvalue weighted by molar-refractivity contribution is -0.143. The lowest BCUT2D eigenvalue weighted by atomic mass is 9.89. The Labute approximate surface area is 168 Å². The number of aryl methyl sites for hydroxylation is 1. The van der Waals surface area contributed by atoms with Crippen molar-refractivity contribution in [1.82, 2.24) is 14.5 Å². The number of hydrogen-bond acceptors (Lipinski definition) is 2. The van der Waals surface area contributed by atoms with Crippen molar-refractivity contribution in [2.45, 2.75) is 50.5 Å². The Balaban J connectivity index is 1.62. The number of halogens is 6. The molecule has 2 aliphatic rings. The van der Waals surface area contributed by atoms with E-state index < -0.39 is 29.4 Å². The van der Waals surface area contributed by atoms with Crippen LogP contribution in [-0.4, -0.2) is 33.4 Å². The molecule has 0 N–H and O–H groups in total. The zero-order valence-corrected chi connectivity index (χ0v) is 15.9. The van der Waals surface area contributed by atoms with Crippen molar-refractivity contribution in [3.63, 3.8) is 0 Å². The molecule has 30 heavy (non-hydrogen) atoms. The molecule has 0 unspecified atom stereocenters. The van der Waals surface area contributed by atoms with Crippen molar-refractivity contribution in [3.8, 4) is 0 Å². The van der Waals surface area contributed by atoms with Gasteiger partial charge in [0.15, 0.2) is 0 Å². The largest absolute Gasteiger partial charge is 0.416 e. The molecule has 1 atom stereocenters. The van der Waals surface area contributed by atoms with Crippen LogP contribution in [0.4, 0.5) is 26.3 Å². The van der Waals surface area contributed by atoms with Crippen LogP contribution in [0.1, 0.15) is 58.2 Å². The number of hydrogen-bond donors (Lipinski definition) is 0. The van der Waals surface area contributed by atoms with Crippen LogP contribution in [-0.2, 0) is 25.3 Å². The van der Waals surface area contributed by atoms with Gasteiger partial charge in [-0.1, -0.05) is 0 Å². The first kappa shape index (κ1) is 20.7. The van der Waals surface area contributed by atoms with Gasteiger partial charge in [0.25, 0.3) is 5.91 Å². The van der Waals surface area contributed by atoms with E-state index in [9.17, 15) is 31.1 Å². The molecule has 0 saturated carbocycles. The second-order valence-corrected chi connectivity index (χ2v) is 7.77. The van der Waals surface area contributed by atoms with Gasteiger partial charge in [-0.2, -0.15) is 26.3 Å². The van der Waals surface area contributed by atoms with Crippen molar-refractivity contribution in [3.05, 3.63) is 52.6 Å². The van der Waals surface area contributed by atoms with Crippen molar-refractivity contribution >= 4 is 5.91 Å². The van der Waals surface area contributed by atoms with Crippen LogP contribution in [0.3, 0.4) is 0 Å². The van der Waals surface area contributed by atoms with Crippen molar-refractivity contribution in [2.24, 2.45) is 0 Å². The van der Waals surface area contributed by atoms with Crippen LogP contribution in [0.25, 0.3) is 0 Å². The number of alkyl halides is 6. The topological polar surface area (TPSA) is 38.1 Å². The summed E-state index contributed by atoms with van der Waals surface area (Å²) in [6, 6.07) is 1.72. The molecule has 0 aliphatic carbocycles. The number of imidazole rings is 1. The Bertz CT molecular complexity index is 924. The molecule has 4 nitrogen and oxygen atoms in total. The number of amides is 1. The van der Waals surface area contributed by atoms with E-state index in [1.807, 2.05) is 0 Å². The van der Waals surface area contributed by atoms with Crippen LogP contribution in [0, 0.1) is 0 Å². The predicted octanol–water partition coefficient (Wildman–Crippen LogP) is 4.89. The molecule has 4 rings (SSSR count). The van der Waals surface area contributed by atoms with E-state index in [4.69, 9.17) is 0 Å². The highest BCUT2D eigenvalue weighted by Crippen LogP contribution is 2.39. The summed E-state index contributed by atoms with van der Waals surface area (Å²) in [5.41, 5.74) is -2.36. The molecule has 162 valence electrons. The number of benzene rings is 1. The maximum atomic E-state index is 13.2. The first-order valence-electron chi connectivity index (χ1n) is 9.67. The van der Waals surface area contributed by atoms with E-state index in [1.165, 1.54) is 0 Å². The number of carbonyl (C=O) groups is 1.